The lowest BCUT2D eigenvalue weighted by molar-refractivity contribution is 0.211. The number of anilines is 1. The molecule has 1 unspecified atom stereocenters. The number of benzene rings is 2. The lowest BCUT2D eigenvalue weighted by Gasteiger charge is -2.36. The van der Waals surface area contributed by atoms with Crippen molar-refractivity contribution in [3.8, 4) is 11.5 Å². The van der Waals surface area contributed by atoms with Gasteiger partial charge >= 0.3 is 0 Å². The van der Waals surface area contributed by atoms with Crippen molar-refractivity contribution in [2.75, 3.05) is 5.32 Å². The summed E-state index contributed by atoms with van der Waals surface area (Å²) in [5, 5.41) is 14.7. The molecule has 0 heterocycles. The molecule has 1 atom stereocenters. The topological polar surface area (TPSA) is 41.5 Å². The number of aromatic hydroxyl groups is 1. The molecule has 0 aliphatic heterocycles. The third-order valence-corrected chi connectivity index (χ3v) is 7.61. The Morgan fingerprint density at radius 2 is 1.66 bits per heavy atom. The molecule has 2 aromatic rings. The lowest BCUT2D eigenvalue weighted by atomic mass is 9.71. The molecule has 178 valence electrons. The first-order valence-corrected chi connectivity index (χ1v) is 12.4. The first-order chi connectivity index (χ1) is 14.9. The molecule has 0 amide bonds. The zero-order valence-corrected chi connectivity index (χ0v) is 22.3. The summed E-state index contributed by atoms with van der Waals surface area (Å²) in [6, 6.07) is 8.08. The van der Waals surface area contributed by atoms with Crippen LogP contribution in [-0.2, 0) is 10.8 Å². The highest BCUT2D eigenvalue weighted by molar-refractivity contribution is 6.37. The molecule has 0 fully saturated rings. The normalized spacial score (nSPS) is 13.2. The number of phenolic OH excluding ortho intramolecular Hbond substituents is 1. The summed E-state index contributed by atoms with van der Waals surface area (Å²) < 4.78 is 6.62. The van der Waals surface area contributed by atoms with Gasteiger partial charge in [0.2, 0.25) is 0 Å². The highest BCUT2D eigenvalue weighted by Gasteiger charge is 2.32. The Bertz CT molecular complexity index is 938. The molecule has 32 heavy (non-hydrogen) atoms. The van der Waals surface area contributed by atoms with E-state index in [1.54, 1.807) is 13.0 Å². The minimum atomic E-state index is -0.341. The molecule has 0 aliphatic rings. The van der Waals surface area contributed by atoms with Crippen LogP contribution in [0.25, 0.3) is 0 Å². The standard InChI is InChI=1S/C27H39Cl2NO2/c1-9-13-22(30-20-16-19(28)17(4)24(29)25(20)31)32-21-15-12-14-18(26(5,6)10-2)23(21)27(7,8)11-3/h12,14-16,22,30-31H,9-11,13H2,1-8H3. The van der Waals surface area contributed by atoms with Gasteiger partial charge in [-0.05, 0) is 53.9 Å². The van der Waals surface area contributed by atoms with Crippen LogP contribution in [0.3, 0.4) is 0 Å². The second kappa shape index (κ2) is 10.6. The first kappa shape index (κ1) is 26.7. The maximum Gasteiger partial charge on any atom is 0.170 e. The van der Waals surface area contributed by atoms with Crippen LogP contribution in [0.5, 0.6) is 11.5 Å². The van der Waals surface area contributed by atoms with E-state index in [-0.39, 0.29) is 27.8 Å². The molecule has 0 saturated heterocycles. The van der Waals surface area contributed by atoms with Gasteiger partial charge in [-0.15, -0.1) is 0 Å². The van der Waals surface area contributed by atoms with Gasteiger partial charge in [0.05, 0.1) is 10.7 Å². The maximum atomic E-state index is 10.6. The Kier molecular flexibility index (Phi) is 8.81. The predicted molar refractivity (Wildman–Crippen MR) is 139 cm³/mol. The fourth-order valence-electron chi connectivity index (χ4n) is 3.82. The molecule has 3 nitrogen and oxygen atoms in total. The van der Waals surface area contributed by atoms with E-state index in [1.165, 1.54) is 11.1 Å². The maximum absolute atomic E-state index is 10.6. The van der Waals surface area contributed by atoms with Gasteiger partial charge in [0.15, 0.2) is 12.0 Å². The van der Waals surface area contributed by atoms with E-state index in [2.05, 4.69) is 72.0 Å². The van der Waals surface area contributed by atoms with Crippen LogP contribution in [0.4, 0.5) is 5.69 Å². The van der Waals surface area contributed by atoms with Crippen LogP contribution in [0.15, 0.2) is 24.3 Å². The summed E-state index contributed by atoms with van der Waals surface area (Å²) in [6.45, 7) is 17.5. The Labute approximate surface area is 204 Å². The van der Waals surface area contributed by atoms with Gasteiger partial charge in [0.1, 0.15) is 5.75 Å². The Morgan fingerprint density at radius 3 is 2.22 bits per heavy atom. The number of hydrogen-bond donors (Lipinski definition) is 2. The molecule has 0 radical (unpaired) electrons. The molecule has 2 aromatic carbocycles. The summed E-state index contributed by atoms with van der Waals surface area (Å²) in [5.41, 5.74) is 3.69. The summed E-state index contributed by atoms with van der Waals surface area (Å²) in [5.74, 6) is 0.874. The second-order valence-corrected chi connectivity index (χ2v) is 10.7. The van der Waals surface area contributed by atoms with Crippen LogP contribution in [-0.4, -0.2) is 11.3 Å². The lowest BCUT2D eigenvalue weighted by Crippen LogP contribution is -2.30. The minimum Gasteiger partial charge on any atom is -0.504 e. The van der Waals surface area contributed by atoms with E-state index in [0.717, 1.165) is 31.4 Å². The molecular formula is C27H39Cl2NO2. The van der Waals surface area contributed by atoms with Crippen LogP contribution in [0.2, 0.25) is 10.0 Å². The second-order valence-electron chi connectivity index (χ2n) is 9.89. The third-order valence-electron chi connectivity index (χ3n) is 6.76. The van der Waals surface area contributed by atoms with E-state index in [4.69, 9.17) is 27.9 Å². The van der Waals surface area contributed by atoms with Gasteiger partial charge in [0.25, 0.3) is 0 Å². The van der Waals surface area contributed by atoms with Crippen molar-refractivity contribution in [1.82, 2.24) is 0 Å². The number of hydrogen-bond acceptors (Lipinski definition) is 3. The molecular weight excluding hydrogens is 441 g/mol. The van der Waals surface area contributed by atoms with E-state index in [0.29, 0.717) is 16.3 Å². The van der Waals surface area contributed by atoms with Crippen molar-refractivity contribution in [1.29, 1.82) is 0 Å². The number of nitrogens with one attached hydrogen (secondary N) is 1. The fraction of sp³-hybridized carbons (Fsp3) is 0.556. The van der Waals surface area contributed by atoms with Crippen LogP contribution in [0, 0.1) is 6.92 Å². The summed E-state index contributed by atoms with van der Waals surface area (Å²) in [4.78, 5) is 0. The molecule has 5 heteroatoms. The van der Waals surface area contributed by atoms with E-state index >= 15 is 0 Å². The summed E-state index contributed by atoms with van der Waals surface area (Å²) >= 11 is 12.6. The summed E-state index contributed by atoms with van der Waals surface area (Å²) in [7, 11) is 0. The highest BCUT2D eigenvalue weighted by Crippen LogP contribution is 2.44. The molecule has 0 aliphatic carbocycles. The molecule has 2 rings (SSSR count). The Balaban J connectivity index is 2.54. The van der Waals surface area contributed by atoms with Crippen molar-refractivity contribution in [3.05, 3.63) is 51.0 Å². The monoisotopic (exact) mass is 479 g/mol. The van der Waals surface area contributed by atoms with Crippen molar-refractivity contribution in [2.45, 2.75) is 98.1 Å². The third kappa shape index (κ3) is 5.66. The quantitative estimate of drug-likeness (QED) is 0.263. The van der Waals surface area contributed by atoms with E-state index < -0.39 is 0 Å². The Hall–Kier alpha value is -1.58. The Morgan fingerprint density at radius 1 is 1.03 bits per heavy atom. The number of rotatable bonds is 10. The molecule has 0 spiro atoms. The number of phenols is 1. The smallest absolute Gasteiger partial charge is 0.170 e. The number of ether oxygens (including phenoxy) is 1. The highest BCUT2D eigenvalue weighted by atomic mass is 35.5. The molecule has 2 N–H and O–H groups in total. The zero-order valence-electron chi connectivity index (χ0n) is 20.8. The van der Waals surface area contributed by atoms with Gasteiger partial charge in [-0.3, -0.25) is 0 Å². The molecule has 0 aromatic heterocycles. The van der Waals surface area contributed by atoms with Crippen LogP contribution >= 0.6 is 23.2 Å². The van der Waals surface area contributed by atoms with Crippen LogP contribution in [0.1, 0.15) is 90.8 Å². The van der Waals surface area contributed by atoms with E-state index in [9.17, 15) is 5.11 Å². The molecule has 0 saturated carbocycles. The SMILES string of the molecule is CCCC(Nc1cc(Cl)c(C)c(Cl)c1O)Oc1cccc(C(C)(C)CC)c1C(C)(C)CC. The van der Waals surface area contributed by atoms with E-state index in [1.807, 2.05) is 0 Å². The largest absolute Gasteiger partial charge is 0.504 e. The van der Waals surface area contributed by atoms with Crippen LogP contribution < -0.4 is 10.1 Å². The van der Waals surface area contributed by atoms with Crippen molar-refractivity contribution < 1.29 is 9.84 Å². The van der Waals surface area contributed by atoms with Gasteiger partial charge in [-0.25, -0.2) is 0 Å². The van der Waals surface area contributed by atoms with Gasteiger partial charge in [0, 0.05) is 17.0 Å². The van der Waals surface area contributed by atoms with Crippen molar-refractivity contribution >= 4 is 28.9 Å². The van der Waals surface area contributed by atoms with Gasteiger partial charge in [-0.2, -0.15) is 0 Å². The predicted octanol–water partition coefficient (Wildman–Crippen LogP) is 9.00. The van der Waals surface area contributed by atoms with Crippen molar-refractivity contribution in [2.24, 2.45) is 0 Å². The summed E-state index contributed by atoms with van der Waals surface area (Å²) in [6.07, 6.45) is 3.37. The van der Waals surface area contributed by atoms with Crippen molar-refractivity contribution in [3.63, 3.8) is 0 Å². The van der Waals surface area contributed by atoms with Gasteiger partial charge < -0.3 is 15.2 Å². The number of halogens is 2. The average molecular weight is 481 g/mol. The minimum absolute atomic E-state index is 0.00625. The fourth-order valence-corrected chi connectivity index (χ4v) is 4.28. The zero-order chi connectivity index (χ0) is 24.3. The first-order valence-electron chi connectivity index (χ1n) is 11.6. The average Bonchev–Trinajstić information content (AvgIpc) is 2.75. The van der Waals surface area contributed by atoms with Gasteiger partial charge in [-0.1, -0.05) is 90.2 Å². The molecule has 0 bridgehead atoms.